The Morgan fingerprint density at radius 3 is 2.30 bits per heavy atom. The van der Waals surface area contributed by atoms with E-state index in [9.17, 15) is 0 Å². The van der Waals surface area contributed by atoms with Crippen LogP contribution in [0.1, 0.15) is 60.8 Å². The van der Waals surface area contributed by atoms with E-state index in [1.54, 1.807) is 0 Å². The average molecular weight is 451 g/mol. The lowest BCUT2D eigenvalue weighted by Gasteiger charge is -2.37. The lowest BCUT2D eigenvalue weighted by Crippen LogP contribution is -2.42. The second-order valence-corrected chi connectivity index (χ2v) is 14.3. The fourth-order valence-electron chi connectivity index (χ4n) is 2.12. The molecular weight excluding hydrogens is 411 g/mol. The Labute approximate surface area is 160 Å². The van der Waals surface area contributed by atoms with Crippen LogP contribution >= 0.6 is 22.6 Å². The van der Waals surface area contributed by atoms with Crippen LogP contribution in [0, 0.1) is 11.8 Å². The molecule has 0 aliphatic rings. The van der Waals surface area contributed by atoms with E-state index in [-0.39, 0.29) is 0 Å². The normalized spacial score (nSPS) is 15.7. The molecule has 0 radical (unpaired) electrons. The first-order valence-electron chi connectivity index (χ1n) is 9.04. The van der Waals surface area contributed by atoms with Crippen LogP contribution in [0.2, 0.25) is 18.1 Å². The molecule has 0 aromatic rings. The van der Waals surface area contributed by atoms with Crippen molar-refractivity contribution in [1.82, 2.24) is 0 Å². The van der Waals surface area contributed by atoms with Gasteiger partial charge in [-0.05, 0) is 56.2 Å². The Bertz CT molecular complexity index is 378. The molecule has 0 saturated heterocycles. The van der Waals surface area contributed by atoms with Gasteiger partial charge in [0.2, 0.25) is 0 Å². The topological polar surface area (TPSA) is 9.23 Å². The quantitative estimate of drug-likeness (QED) is 0.111. The summed E-state index contributed by atoms with van der Waals surface area (Å²) in [7, 11) is -1.59. The SMILES string of the molecule is CC(/C=C/CCCC(CI)CO[Si](C)(C)C(C)(C)C)=C\C(C)C. The van der Waals surface area contributed by atoms with Crippen molar-refractivity contribution in [1.29, 1.82) is 0 Å². The Balaban J connectivity index is 4.16. The minimum Gasteiger partial charge on any atom is -0.417 e. The Morgan fingerprint density at radius 2 is 1.83 bits per heavy atom. The highest BCUT2D eigenvalue weighted by molar-refractivity contribution is 14.1. The molecule has 1 nitrogen and oxygen atoms in total. The Kier molecular flexibility index (Phi) is 11.3. The summed E-state index contributed by atoms with van der Waals surface area (Å²) in [4.78, 5) is 0. The summed E-state index contributed by atoms with van der Waals surface area (Å²) in [6.45, 7) is 19.2. The standard InChI is InChI=1S/C20H39IOSi/c1-17(2)14-18(3)12-10-9-11-13-19(15-21)16-22-23(7,8)20(4,5)6/h10,12,14,17,19H,9,11,13,15-16H2,1-8H3/b12-10+,18-14+. The molecule has 0 aliphatic carbocycles. The van der Waals surface area contributed by atoms with Crippen molar-refractivity contribution >= 4 is 30.9 Å². The maximum absolute atomic E-state index is 6.39. The van der Waals surface area contributed by atoms with Gasteiger partial charge in [0.15, 0.2) is 8.32 Å². The second-order valence-electron chi connectivity index (χ2n) is 8.58. The third-order valence-electron chi connectivity index (χ3n) is 4.66. The monoisotopic (exact) mass is 450 g/mol. The van der Waals surface area contributed by atoms with Gasteiger partial charge in [-0.1, -0.05) is 81.0 Å². The van der Waals surface area contributed by atoms with Gasteiger partial charge >= 0.3 is 0 Å². The number of allylic oxidation sites excluding steroid dienone is 4. The smallest absolute Gasteiger partial charge is 0.191 e. The molecule has 0 fully saturated rings. The first-order chi connectivity index (χ1) is 10.5. The highest BCUT2D eigenvalue weighted by Crippen LogP contribution is 2.37. The van der Waals surface area contributed by atoms with Crippen LogP contribution in [0.3, 0.4) is 0 Å². The van der Waals surface area contributed by atoms with Crippen molar-refractivity contribution in [2.24, 2.45) is 11.8 Å². The summed E-state index contributed by atoms with van der Waals surface area (Å²) in [5, 5.41) is 0.311. The molecule has 0 aromatic heterocycles. The van der Waals surface area contributed by atoms with E-state index in [2.05, 4.69) is 95.5 Å². The molecule has 0 bridgehead atoms. The van der Waals surface area contributed by atoms with Gasteiger partial charge in [-0.15, -0.1) is 0 Å². The molecule has 3 heteroatoms. The lowest BCUT2D eigenvalue weighted by molar-refractivity contribution is 0.233. The van der Waals surface area contributed by atoms with Gasteiger partial charge in [0, 0.05) is 11.0 Å². The summed E-state index contributed by atoms with van der Waals surface area (Å²) in [6, 6.07) is 0. The third kappa shape index (κ3) is 10.8. The zero-order chi connectivity index (χ0) is 18.1. The summed E-state index contributed by atoms with van der Waals surface area (Å²) in [6.07, 6.45) is 10.6. The molecule has 0 saturated carbocycles. The summed E-state index contributed by atoms with van der Waals surface area (Å²) in [5.74, 6) is 1.33. The highest BCUT2D eigenvalue weighted by Gasteiger charge is 2.37. The maximum Gasteiger partial charge on any atom is 0.191 e. The minimum atomic E-state index is -1.59. The molecule has 0 spiro atoms. The maximum atomic E-state index is 6.39. The Hall–Kier alpha value is 0.387. The van der Waals surface area contributed by atoms with Gasteiger partial charge in [-0.3, -0.25) is 0 Å². The molecule has 0 aromatic carbocycles. The molecule has 23 heavy (non-hydrogen) atoms. The van der Waals surface area contributed by atoms with Crippen LogP contribution in [0.25, 0.3) is 0 Å². The number of alkyl halides is 1. The Morgan fingerprint density at radius 1 is 1.22 bits per heavy atom. The number of unbranched alkanes of at least 4 members (excludes halogenated alkanes) is 1. The van der Waals surface area contributed by atoms with Crippen molar-refractivity contribution in [3.05, 3.63) is 23.8 Å². The number of rotatable bonds is 10. The van der Waals surface area contributed by atoms with E-state index in [0.29, 0.717) is 16.9 Å². The zero-order valence-electron chi connectivity index (χ0n) is 16.7. The van der Waals surface area contributed by atoms with Crippen LogP contribution in [0.4, 0.5) is 0 Å². The van der Waals surface area contributed by atoms with Crippen molar-refractivity contribution in [2.45, 2.75) is 78.9 Å². The molecular formula is C20H39IOSi. The van der Waals surface area contributed by atoms with Crippen molar-refractivity contribution in [3.8, 4) is 0 Å². The average Bonchev–Trinajstić information content (AvgIpc) is 2.39. The first-order valence-corrected chi connectivity index (χ1v) is 13.5. The van der Waals surface area contributed by atoms with Gasteiger partial charge in [-0.25, -0.2) is 0 Å². The van der Waals surface area contributed by atoms with Gasteiger partial charge in [0.25, 0.3) is 0 Å². The predicted molar refractivity (Wildman–Crippen MR) is 117 cm³/mol. The molecule has 0 heterocycles. The van der Waals surface area contributed by atoms with Crippen molar-refractivity contribution < 1.29 is 4.43 Å². The molecule has 0 amide bonds. The van der Waals surface area contributed by atoms with Gasteiger partial charge in [-0.2, -0.15) is 0 Å². The molecule has 1 unspecified atom stereocenters. The molecule has 1 atom stereocenters. The molecule has 0 rings (SSSR count). The van der Waals surface area contributed by atoms with Crippen LogP contribution in [0.15, 0.2) is 23.8 Å². The van der Waals surface area contributed by atoms with Crippen LogP contribution in [-0.2, 0) is 4.43 Å². The zero-order valence-corrected chi connectivity index (χ0v) is 19.9. The van der Waals surface area contributed by atoms with E-state index < -0.39 is 8.32 Å². The number of halogens is 1. The van der Waals surface area contributed by atoms with Crippen LogP contribution < -0.4 is 0 Å². The van der Waals surface area contributed by atoms with Crippen molar-refractivity contribution in [2.75, 3.05) is 11.0 Å². The van der Waals surface area contributed by atoms with Crippen LogP contribution in [-0.4, -0.2) is 19.4 Å². The summed E-state index contributed by atoms with van der Waals surface area (Å²) >= 11 is 2.52. The minimum absolute atomic E-state index is 0.311. The highest BCUT2D eigenvalue weighted by atomic mass is 127. The van der Waals surface area contributed by atoms with E-state index in [0.717, 1.165) is 6.61 Å². The lowest BCUT2D eigenvalue weighted by atomic mass is 10.0. The summed E-state index contributed by atoms with van der Waals surface area (Å²) < 4.78 is 7.59. The van der Waals surface area contributed by atoms with Gasteiger partial charge < -0.3 is 4.43 Å². The van der Waals surface area contributed by atoms with Crippen molar-refractivity contribution in [3.63, 3.8) is 0 Å². The van der Waals surface area contributed by atoms with E-state index in [4.69, 9.17) is 4.43 Å². The summed E-state index contributed by atoms with van der Waals surface area (Å²) in [5.41, 5.74) is 1.38. The van der Waals surface area contributed by atoms with E-state index >= 15 is 0 Å². The van der Waals surface area contributed by atoms with Crippen LogP contribution in [0.5, 0.6) is 0 Å². The number of hydrogen-bond donors (Lipinski definition) is 0. The molecule has 0 aliphatic heterocycles. The second kappa shape index (κ2) is 11.1. The fraction of sp³-hybridized carbons (Fsp3) is 0.800. The first kappa shape index (κ1) is 23.4. The number of hydrogen-bond acceptors (Lipinski definition) is 1. The molecule has 0 N–H and O–H groups in total. The van der Waals surface area contributed by atoms with Gasteiger partial charge in [0.05, 0.1) is 0 Å². The van der Waals surface area contributed by atoms with E-state index in [1.165, 1.54) is 29.3 Å². The van der Waals surface area contributed by atoms with E-state index in [1.807, 2.05) is 0 Å². The fourth-order valence-corrected chi connectivity index (χ4v) is 3.90. The predicted octanol–water partition coefficient (Wildman–Crippen LogP) is 7.39. The molecule has 136 valence electrons. The third-order valence-corrected chi connectivity index (χ3v) is 10.4. The van der Waals surface area contributed by atoms with Gasteiger partial charge in [0.1, 0.15) is 0 Å². The largest absolute Gasteiger partial charge is 0.417 e.